The van der Waals surface area contributed by atoms with Crippen LogP contribution in [-0.2, 0) is 6.61 Å². The van der Waals surface area contributed by atoms with Gasteiger partial charge in [0.2, 0.25) is 0 Å². The molecule has 0 amide bonds. The fourth-order valence-corrected chi connectivity index (χ4v) is 1.26. The third-order valence-electron chi connectivity index (χ3n) is 1.89. The van der Waals surface area contributed by atoms with Crippen LogP contribution >= 0.6 is 11.6 Å². The maximum Gasteiger partial charge on any atom is 0.255 e. The second-order valence-corrected chi connectivity index (χ2v) is 3.47. The Morgan fingerprint density at radius 1 is 1.60 bits per heavy atom. The number of rotatable bonds is 4. The predicted octanol–water partition coefficient (Wildman–Crippen LogP) is 1.93. The highest BCUT2D eigenvalue weighted by Gasteiger charge is 2.11. The van der Waals surface area contributed by atoms with Gasteiger partial charge in [-0.05, 0) is 6.07 Å². The molecule has 84 valence electrons. The number of aliphatic hydroxyl groups is 1. The van der Waals surface area contributed by atoms with E-state index >= 15 is 0 Å². The van der Waals surface area contributed by atoms with Crippen LogP contribution in [-0.4, -0.2) is 30.1 Å². The normalized spacial score (nSPS) is 10.8. The van der Waals surface area contributed by atoms with Crippen molar-refractivity contribution in [2.75, 3.05) is 18.5 Å². The summed E-state index contributed by atoms with van der Waals surface area (Å²) in [5.74, 6) is 0.365. The largest absolute Gasteiger partial charge is 0.392 e. The number of anilines is 1. The third kappa shape index (κ3) is 3.28. The molecule has 0 unspecified atom stereocenters. The predicted molar refractivity (Wildman–Crippen MR) is 54.4 cm³/mol. The molecule has 1 aromatic heterocycles. The van der Waals surface area contributed by atoms with E-state index in [1.807, 2.05) is 0 Å². The van der Waals surface area contributed by atoms with Crippen molar-refractivity contribution in [1.29, 1.82) is 0 Å². The highest BCUT2D eigenvalue weighted by atomic mass is 35.5. The topological polar surface area (TPSA) is 36.4 Å². The molecular weight excluding hydrogens is 226 g/mol. The molecule has 0 radical (unpaired) electrons. The minimum absolute atomic E-state index is 0.239. The molecule has 6 heteroatoms. The summed E-state index contributed by atoms with van der Waals surface area (Å²) in [6, 6.07) is 1.49. The van der Waals surface area contributed by atoms with Crippen LogP contribution in [0.15, 0.2) is 12.3 Å². The van der Waals surface area contributed by atoms with E-state index in [1.54, 1.807) is 0 Å². The second kappa shape index (κ2) is 5.23. The van der Waals surface area contributed by atoms with Gasteiger partial charge in [-0.3, -0.25) is 0 Å². The molecule has 0 aliphatic rings. The number of aliphatic hydroxyl groups excluding tert-OH is 1. The fraction of sp³-hybridized carbons (Fsp3) is 0.444. The van der Waals surface area contributed by atoms with E-state index in [0.29, 0.717) is 16.4 Å². The zero-order chi connectivity index (χ0) is 11.4. The summed E-state index contributed by atoms with van der Waals surface area (Å²) in [5.41, 5.74) is 0.475. The van der Waals surface area contributed by atoms with Gasteiger partial charge in [-0.15, -0.1) is 0 Å². The lowest BCUT2D eigenvalue weighted by Crippen LogP contribution is -2.25. The van der Waals surface area contributed by atoms with Crippen molar-refractivity contribution in [3.8, 4) is 0 Å². The van der Waals surface area contributed by atoms with Crippen LogP contribution in [0.2, 0.25) is 5.02 Å². The van der Waals surface area contributed by atoms with Crippen molar-refractivity contribution in [1.82, 2.24) is 4.98 Å². The van der Waals surface area contributed by atoms with Gasteiger partial charge >= 0.3 is 0 Å². The van der Waals surface area contributed by atoms with Crippen molar-refractivity contribution < 1.29 is 13.9 Å². The molecule has 0 saturated heterocycles. The van der Waals surface area contributed by atoms with Gasteiger partial charge in [-0.1, -0.05) is 11.6 Å². The molecule has 0 fully saturated rings. The van der Waals surface area contributed by atoms with Crippen LogP contribution in [0.1, 0.15) is 5.56 Å². The minimum atomic E-state index is -2.43. The van der Waals surface area contributed by atoms with Gasteiger partial charge in [0.1, 0.15) is 5.82 Å². The molecule has 3 nitrogen and oxygen atoms in total. The van der Waals surface area contributed by atoms with E-state index in [1.165, 1.54) is 24.2 Å². The van der Waals surface area contributed by atoms with Crippen LogP contribution in [0, 0.1) is 0 Å². The number of hydrogen-bond donors (Lipinski definition) is 1. The Bertz CT molecular complexity index is 336. The number of pyridine rings is 1. The number of aromatic nitrogens is 1. The zero-order valence-corrected chi connectivity index (χ0v) is 8.88. The van der Waals surface area contributed by atoms with Crippen LogP contribution in [0.5, 0.6) is 0 Å². The molecule has 1 aromatic rings. The van der Waals surface area contributed by atoms with Gasteiger partial charge < -0.3 is 10.0 Å². The lowest BCUT2D eigenvalue weighted by atomic mass is 10.2. The van der Waals surface area contributed by atoms with E-state index in [2.05, 4.69) is 4.98 Å². The molecule has 1 N–H and O–H groups in total. The van der Waals surface area contributed by atoms with Gasteiger partial charge in [-0.25, -0.2) is 13.8 Å². The van der Waals surface area contributed by atoms with E-state index < -0.39 is 13.0 Å². The average Bonchev–Trinajstić information content (AvgIpc) is 2.17. The van der Waals surface area contributed by atoms with Gasteiger partial charge in [0.25, 0.3) is 6.43 Å². The molecule has 0 atom stereocenters. The fourth-order valence-electron chi connectivity index (χ4n) is 1.10. The molecule has 0 aliphatic carbocycles. The quantitative estimate of drug-likeness (QED) is 0.868. The monoisotopic (exact) mass is 236 g/mol. The summed E-state index contributed by atoms with van der Waals surface area (Å²) in [4.78, 5) is 5.20. The summed E-state index contributed by atoms with van der Waals surface area (Å²) in [5, 5.41) is 9.25. The van der Waals surface area contributed by atoms with Gasteiger partial charge in [0.05, 0.1) is 18.2 Å². The standard InChI is InChI=1S/C9H11ClF2N2O/c1-14(4-8(11)12)9-2-6(5-15)7(10)3-13-9/h2-3,8,15H,4-5H2,1H3. The van der Waals surface area contributed by atoms with E-state index in [9.17, 15) is 8.78 Å². The Kier molecular flexibility index (Phi) is 4.23. The van der Waals surface area contributed by atoms with Crippen LogP contribution in [0.4, 0.5) is 14.6 Å². The first kappa shape index (κ1) is 12.1. The molecule has 1 rings (SSSR count). The first-order valence-corrected chi connectivity index (χ1v) is 4.67. The summed E-state index contributed by atoms with van der Waals surface area (Å²) in [7, 11) is 1.50. The second-order valence-electron chi connectivity index (χ2n) is 3.06. The molecule has 0 bridgehead atoms. The molecule has 0 spiro atoms. The van der Waals surface area contributed by atoms with Crippen LogP contribution in [0.3, 0.4) is 0 Å². The van der Waals surface area contributed by atoms with E-state index in [0.717, 1.165) is 0 Å². The minimum Gasteiger partial charge on any atom is -0.392 e. The number of hydrogen-bond acceptors (Lipinski definition) is 3. The summed E-state index contributed by atoms with van der Waals surface area (Å²) in [6.45, 7) is -0.642. The summed E-state index contributed by atoms with van der Waals surface area (Å²) < 4.78 is 24.2. The Morgan fingerprint density at radius 2 is 2.27 bits per heavy atom. The first-order chi connectivity index (χ1) is 7.04. The molecule has 0 aliphatic heterocycles. The lowest BCUT2D eigenvalue weighted by Gasteiger charge is -2.18. The highest BCUT2D eigenvalue weighted by Crippen LogP contribution is 2.20. The van der Waals surface area contributed by atoms with Gasteiger partial charge in [-0.2, -0.15) is 0 Å². The van der Waals surface area contributed by atoms with Crippen molar-refractivity contribution >= 4 is 17.4 Å². The molecule has 1 heterocycles. The average molecular weight is 237 g/mol. The zero-order valence-electron chi connectivity index (χ0n) is 8.12. The number of alkyl halides is 2. The van der Waals surface area contributed by atoms with Crippen LogP contribution in [0.25, 0.3) is 0 Å². The maximum absolute atomic E-state index is 12.1. The van der Waals surface area contributed by atoms with Crippen LogP contribution < -0.4 is 4.90 Å². The van der Waals surface area contributed by atoms with Crippen molar-refractivity contribution in [3.05, 3.63) is 22.8 Å². The van der Waals surface area contributed by atoms with Gasteiger partial charge in [0, 0.05) is 18.8 Å². The van der Waals surface area contributed by atoms with Crippen molar-refractivity contribution in [3.63, 3.8) is 0 Å². The molecule has 15 heavy (non-hydrogen) atoms. The molecule has 0 aromatic carbocycles. The number of halogens is 3. The smallest absolute Gasteiger partial charge is 0.255 e. The Labute approximate surface area is 91.3 Å². The third-order valence-corrected chi connectivity index (χ3v) is 2.23. The van der Waals surface area contributed by atoms with Gasteiger partial charge in [0.15, 0.2) is 0 Å². The molecular formula is C9H11ClF2N2O. The van der Waals surface area contributed by atoms with E-state index in [-0.39, 0.29) is 6.61 Å². The van der Waals surface area contributed by atoms with E-state index in [4.69, 9.17) is 16.7 Å². The van der Waals surface area contributed by atoms with Crippen molar-refractivity contribution in [2.45, 2.75) is 13.0 Å². The Morgan fingerprint density at radius 3 is 2.80 bits per heavy atom. The maximum atomic E-state index is 12.1. The molecule has 0 saturated carbocycles. The summed E-state index contributed by atoms with van der Waals surface area (Å²) >= 11 is 5.72. The van der Waals surface area contributed by atoms with Crippen molar-refractivity contribution in [2.24, 2.45) is 0 Å². The number of nitrogens with zero attached hydrogens (tertiary/aromatic N) is 2. The summed E-state index contributed by atoms with van der Waals surface area (Å²) in [6.07, 6.45) is -1.09. The Hall–Kier alpha value is -0.940. The first-order valence-electron chi connectivity index (χ1n) is 4.29. The SMILES string of the molecule is CN(CC(F)F)c1cc(CO)c(Cl)cn1. The Balaban J connectivity index is 2.85. The highest BCUT2D eigenvalue weighted by molar-refractivity contribution is 6.31. The lowest BCUT2D eigenvalue weighted by molar-refractivity contribution is 0.156.